The van der Waals surface area contributed by atoms with E-state index < -0.39 is 0 Å². The number of halogens is 1. The minimum atomic E-state index is -0.0954. The van der Waals surface area contributed by atoms with Crippen molar-refractivity contribution in [3.63, 3.8) is 0 Å². The molecule has 3 nitrogen and oxygen atoms in total. The van der Waals surface area contributed by atoms with Crippen LogP contribution in [-0.2, 0) is 0 Å². The van der Waals surface area contributed by atoms with Crippen LogP contribution in [0.3, 0.4) is 0 Å². The predicted molar refractivity (Wildman–Crippen MR) is 58.6 cm³/mol. The van der Waals surface area contributed by atoms with Crippen molar-refractivity contribution in [2.24, 2.45) is 0 Å². The number of carbonyl (C=O) groups excluding carboxylic acids is 1. The van der Waals surface area contributed by atoms with Gasteiger partial charge in [0.25, 0.3) is 5.91 Å². The maximum Gasteiger partial charge on any atom is 0.253 e. The minimum absolute atomic E-state index is 0.0954. The van der Waals surface area contributed by atoms with Gasteiger partial charge in [-0.25, -0.2) is 0 Å². The van der Waals surface area contributed by atoms with Crippen molar-refractivity contribution in [3.8, 4) is 6.07 Å². The van der Waals surface area contributed by atoms with E-state index in [1.165, 1.54) is 4.90 Å². The Morgan fingerprint density at radius 2 is 2.07 bits per heavy atom. The number of nitrogens with zero attached hydrogens (tertiary/aromatic N) is 2. The average molecular weight is 223 g/mol. The normalized spacial score (nSPS) is 9.40. The highest BCUT2D eigenvalue weighted by Crippen LogP contribution is 2.11. The van der Waals surface area contributed by atoms with Crippen molar-refractivity contribution < 1.29 is 4.79 Å². The van der Waals surface area contributed by atoms with Crippen LogP contribution in [0.5, 0.6) is 0 Å². The van der Waals surface area contributed by atoms with E-state index in [0.717, 1.165) is 0 Å². The molecule has 15 heavy (non-hydrogen) atoms. The van der Waals surface area contributed by atoms with E-state index in [4.69, 9.17) is 16.9 Å². The van der Waals surface area contributed by atoms with Crippen LogP contribution in [0.2, 0.25) is 5.02 Å². The molecule has 0 radical (unpaired) electrons. The third-order valence-corrected chi connectivity index (χ3v) is 2.25. The number of benzene rings is 1. The first-order valence-corrected chi connectivity index (χ1v) is 4.91. The van der Waals surface area contributed by atoms with Gasteiger partial charge in [-0.3, -0.25) is 4.79 Å². The second-order valence-electron chi connectivity index (χ2n) is 3.14. The first-order valence-electron chi connectivity index (χ1n) is 4.53. The van der Waals surface area contributed by atoms with Crippen molar-refractivity contribution in [2.75, 3.05) is 13.6 Å². The zero-order valence-electron chi connectivity index (χ0n) is 8.40. The molecule has 78 valence electrons. The lowest BCUT2D eigenvalue weighted by Gasteiger charge is -2.15. The van der Waals surface area contributed by atoms with Crippen LogP contribution >= 0.6 is 11.6 Å². The third kappa shape index (κ3) is 3.26. The van der Waals surface area contributed by atoms with Gasteiger partial charge >= 0.3 is 0 Å². The average Bonchev–Trinajstić information content (AvgIpc) is 2.26. The number of carbonyl (C=O) groups is 1. The Bertz CT molecular complexity index is 381. The molecular weight excluding hydrogens is 212 g/mol. The monoisotopic (exact) mass is 222 g/mol. The molecule has 0 aliphatic rings. The number of hydrogen-bond donors (Lipinski definition) is 0. The van der Waals surface area contributed by atoms with E-state index in [9.17, 15) is 4.79 Å². The quantitative estimate of drug-likeness (QED) is 0.788. The van der Waals surface area contributed by atoms with E-state index in [0.29, 0.717) is 23.6 Å². The summed E-state index contributed by atoms with van der Waals surface area (Å²) in [5.74, 6) is -0.0954. The highest BCUT2D eigenvalue weighted by Gasteiger charge is 2.10. The Kier molecular flexibility index (Phi) is 4.14. The van der Waals surface area contributed by atoms with Crippen LogP contribution in [0.4, 0.5) is 0 Å². The molecular formula is C11H11ClN2O. The molecule has 0 aliphatic heterocycles. The Morgan fingerprint density at radius 1 is 1.47 bits per heavy atom. The fraction of sp³-hybridized carbons (Fsp3) is 0.273. The largest absolute Gasteiger partial charge is 0.341 e. The summed E-state index contributed by atoms with van der Waals surface area (Å²) in [6, 6.07) is 8.69. The number of amides is 1. The second-order valence-corrected chi connectivity index (χ2v) is 3.58. The molecule has 0 saturated heterocycles. The fourth-order valence-corrected chi connectivity index (χ4v) is 1.26. The van der Waals surface area contributed by atoms with Gasteiger partial charge in [0, 0.05) is 24.2 Å². The van der Waals surface area contributed by atoms with Crippen LogP contribution in [0.15, 0.2) is 24.3 Å². The molecule has 1 amide bonds. The first-order chi connectivity index (χ1) is 7.15. The SMILES string of the molecule is CN(CCC#N)C(=O)c1ccc(Cl)cc1. The molecule has 0 spiro atoms. The van der Waals surface area contributed by atoms with Crippen LogP contribution in [0.25, 0.3) is 0 Å². The molecule has 0 aliphatic carbocycles. The summed E-state index contributed by atoms with van der Waals surface area (Å²) in [5.41, 5.74) is 0.583. The van der Waals surface area contributed by atoms with Gasteiger partial charge < -0.3 is 4.90 Å². The van der Waals surface area contributed by atoms with E-state index in [-0.39, 0.29) is 5.91 Å². The Hall–Kier alpha value is -1.53. The van der Waals surface area contributed by atoms with Crippen molar-refractivity contribution in [1.29, 1.82) is 5.26 Å². The molecule has 0 bridgehead atoms. The van der Waals surface area contributed by atoms with Crippen molar-refractivity contribution in [2.45, 2.75) is 6.42 Å². The lowest BCUT2D eigenvalue weighted by atomic mass is 10.2. The topological polar surface area (TPSA) is 44.1 Å². The molecule has 0 N–H and O–H groups in total. The Morgan fingerprint density at radius 3 is 2.60 bits per heavy atom. The van der Waals surface area contributed by atoms with Gasteiger partial charge in [-0.15, -0.1) is 0 Å². The van der Waals surface area contributed by atoms with Gasteiger partial charge in [-0.2, -0.15) is 5.26 Å². The van der Waals surface area contributed by atoms with Crippen LogP contribution in [0, 0.1) is 11.3 Å². The van der Waals surface area contributed by atoms with Crippen LogP contribution in [0.1, 0.15) is 16.8 Å². The van der Waals surface area contributed by atoms with Gasteiger partial charge in [-0.1, -0.05) is 11.6 Å². The second kappa shape index (κ2) is 5.38. The zero-order chi connectivity index (χ0) is 11.3. The molecule has 0 saturated carbocycles. The third-order valence-electron chi connectivity index (χ3n) is 2.00. The minimum Gasteiger partial charge on any atom is -0.341 e. The van der Waals surface area contributed by atoms with E-state index in [1.54, 1.807) is 31.3 Å². The number of hydrogen-bond acceptors (Lipinski definition) is 2. The lowest BCUT2D eigenvalue weighted by Crippen LogP contribution is -2.27. The zero-order valence-corrected chi connectivity index (χ0v) is 9.16. The van der Waals surface area contributed by atoms with Crippen molar-refractivity contribution >= 4 is 17.5 Å². The van der Waals surface area contributed by atoms with Crippen molar-refractivity contribution in [1.82, 2.24) is 4.90 Å². The van der Waals surface area contributed by atoms with Gasteiger partial charge in [0.1, 0.15) is 0 Å². The molecule has 1 aromatic rings. The molecule has 0 atom stereocenters. The molecule has 1 rings (SSSR count). The summed E-state index contributed by atoms with van der Waals surface area (Å²) in [5, 5.41) is 9.00. The highest BCUT2D eigenvalue weighted by molar-refractivity contribution is 6.30. The Labute approximate surface area is 93.9 Å². The standard InChI is InChI=1S/C11H11ClN2O/c1-14(8-2-7-13)11(15)9-3-5-10(12)6-4-9/h3-6H,2,8H2,1H3. The summed E-state index contributed by atoms with van der Waals surface area (Å²) >= 11 is 5.71. The first kappa shape index (κ1) is 11.5. The summed E-state index contributed by atoms with van der Waals surface area (Å²) in [6.07, 6.45) is 0.343. The smallest absolute Gasteiger partial charge is 0.253 e. The van der Waals surface area contributed by atoms with Gasteiger partial charge in [0.15, 0.2) is 0 Å². The van der Waals surface area contributed by atoms with E-state index in [2.05, 4.69) is 0 Å². The molecule has 0 aromatic heterocycles. The maximum absolute atomic E-state index is 11.7. The Balaban J connectivity index is 2.68. The lowest BCUT2D eigenvalue weighted by molar-refractivity contribution is 0.0798. The number of rotatable bonds is 3. The van der Waals surface area contributed by atoms with Crippen molar-refractivity contribution in [3.05, 3.63) is 34.9 Å². The molecule has 0 heterocycles. The molecule has 0 fully saturated rings. The van der Waals surface area contributed by atoms with Crippen LogP contribution < -0.4 is 0 Å². The van der Waals surface area contributed by atoms with Gasteiger partial charge in [0.2, 0.25) is 0 Å². The summed E-state index contributed by atoms with van der Waals surface area (Å²) in [6.45, 7) is 0.442. The summed E-state index contributed by atoms with van der Waals surface area (Å²) in [4.78, 5) is 13.3. The van der Waals surface area contributed by atoms with Gasteiger partial charge in [-0.05, 0) is 24.3 Å². The van der Waals surface area contributed by atoms with E-state index >= 15 is 0 Å². The van der Waals surface area contributed by atoms with Gasteiger partial charge in [0.05, 0.1) is 12.5 Å². The number of nitriles is 1. The molecule has 1 aromatic carbocycles. The fourth-order valence-electron chi connectivity index (χ4n) is 1.13. The molecule has 0 unspecified atom stereocenters. The highest BCUT2D eigenvalue weighted by atomic mass is 35.5. The summed E-state index contributed by atoms with van der Waals surface area (Å²) in [7, 11) is 1.67. The van der Waals surface area contributed by atoms with E-state index in [1.807, 2.05) is 6.07 Å². The predicted octanol–water partition coefficient (Wildman–Crippen LogP) is 2.33. The summed E-state index contributed by atoms with van der Waals surface area (Å²) < 4.78 is 0. The maximum atomic E-state index is 11.7. The van der Waals surface area contributed by atoms with Crippen LogP contribution in [-0.4, -0.2) is 24.4 Å². The molecule has 4 heteroatoms.